The first-order valence-corrected chi connectivity index (χ1v) is 34.3. The van der Waals surface area contributed by atoms with Crippen molar-refractivity contribution < 1.29 is 28.6 Å². The van der Waals surface area contributed by atoms with Crippen molar-refractivity contribution in [2.45, 2.75) is 367 Å². The first-order valence-electron chi connectivity index (χ1n) is 34.3. The number of unbranched alkanes of at least 4 members (excludes halogenated alkanes) is 42. The maximum Gasteiger partial charge on any atom is 0.306 e. The van der Waals surface area contributed by atoms with E-state index in [1.165, 1.54) is 238 Å². The third-order valence-electron chi connectivity index (χ3n) is 15.3. The van der Waals surface area contributed by atoms with Gasteiger partial charge in [-0.15, -0.1) is 0 Å². The van der Waals surface area contributed by atoms with E-state index in [1.54, 1.807) is 0 Å². The van der Waals surface area contributed by atoms with Gasteiger partial charge in [-0.2, -0.15) is 0 Å². The van der Waals surface area contributed by atoms with Crippen molar-refractivity contribution in [3.05, 3.63) is 60.8 Å². The largest absolute Gasteiger partial charge is 0.462 e. The number of allylic oxidation sites excluding steroid dienone is 10. The Hall–Kier alpha value is -2.89. The lowest BCUT2D eigenvalue weighted by molar-refractivity contribution is -0.167. The number of carbonyl (C=O) groups excluding carboxylic acids is 3. The van der Waals surface area contributed by atoms with Crippen LogP contribution in [-0.2, 0) is 28.6 Å². The van der Waals surface area contributed by atoms with Gasteiger partial charge >= 0.3 is 17.9 Å². The Morgan fingerprint density at radius 1 is 0.269 bits per heavy atom. The summed E-state index contributed by atoms with van der Waals surface area (Å²) in [4.78, 5) is 38.0. The van der Waals surface area contributed by atoms with Crippen molar-refractivity contribution in [1.82, 2.24) is 0 Å². The van der Waals surface area contributed by atoms with Gasteiger partial charge in [0.2, 0.25) is 0 Å². The molecule has 0 bridgehead atoms. The molecular formula is C72H130O6. The van der Waals surface area contributed by atoms with Crippen molar-refractivity contribution >= 4 is 17.9 Å². The monoisotopic (exact) mass is 1090 g/mol. The van der Waals surface area contributed by atoms with Crippen LogP contribution in [0.25, 0.3) is 0 Å². The van der Waals surface area contributed by atoms with Gasteiger partial charge in [0.1, 0.15) is 13.2 Å². The minimum absolute atomic E-state index is 0.0692. The van der Waals surface area contributed by atoms with Gasteiger partial charge in [0.15, 0.2) is 6.10 Å². The summed E-state index contributed by atoms with van der Waals surface area (Å²) in [5, 5.41) is 0. The molecule has 0 aliphatic carbocycles. The third-order valence-corrected chi connectivity index (χ3v) is 15.3. The molecule has 0 saturated heterocycles. The van der Waals surface area contributed by atoms with E-state index in [0.717, 1.165) is 83.5 Å². The number of carbonyl (C=O) groups is 3. The lowest BCUT2D eigenvalue weighted by atomic mass is 10.0. The lowest BCUT2D eigenvalue weighted by Crippen LogP contribution is -2.30. The molecule has 454 valence electrons. The van der Waals surface area contributed by atoms with E-state index in [4.69, 9.17) is 14.2 Å². The maximum atomic E-state index is 12.8. The third kappa shape index (κ3) is 63.9. The Balaban J connectivity index is 3.92. The zero-order valence-electron chi connectivity index (χ0n) is 52.2. The average Bonchev–Trinajstić information content (AvgIpc) is 3.44. The smallest absolute Gasteiger partial charge is 0.306 e. The van der Waals surface area contributed by atoms with Gasteiger partial charge in [-0.1, -0.05) is 319 Å². The van der Waals surface area contributed by atoms with E-state index >= 15 is 0 Å². The second-order valence-corrected chi connectivity index (χ2v) is 23.1. The molecule has 1 atom stereocenters. The van der Waals surface area contributed by atoms with Gasteiger partial charge < -0.3 is 14.2 Å². The molecule has 6 heteroatoms. The molecule has 0 aromatic heterocycles. The van der Waals surface area contributed by atoms with Crippen LogP contribution in [0.5, 0.6) is 0 Å². The number of ether oxygens (including phenoxy) is 3. The predicted molar refractivity (Wildman–Crippen MR) is 339 cm³/mol. The zero-order chi connectivity index (χ0) is 56.4. The highest BCUT2D eigenvalue weighted by molar-refractivity contribution is 5.71. The summed E-state index contributed by atoms with van der Waals surface area (Å²) in [6.07, 6.45) is 85.8. The molecule has 0 N–H and O–H groups in total. The molecule has 0 saturated carbocycles. The van der Waals surface area contributed by atoms with Crippen LogP contribution in [0.4, 0.5) is 0 Å². The Kier molecular flexibility index (Phi) is 64.2. The SMILES string of the molecule is CC/C=C\C/C=C\C/C=C\C/C=C\CCCCCCCCCCCCCCCCCCCCCCCCC(=O)OCC(COC(=O)CCCCCCCC)OC(=O)CCCCCCCCCCC/C=C\CCCCCCCC. The first-order chi connectivity index (χ1) is 38.5. The molecule has 78 heavy (non-hydrogen) atoms. The lowest BCUT2D eigenvalue weighted by Gasteiger charge is -2.18. The minimum Gasteiger partial charge on any atom is -0.462 e. The second kappa shape index (κ2) is 66.6. The van der Waals surface area contributed by atoms with E-state index in [-0.39, 0.29) is 31.1 Å². The van der Waals surface area contributed by atoms with Gasteiger partial charge in [0.05, 0.1) is 0 Å². The number of esters is 3. The molecule has 1 unspecified atom stereocenters. The molecule has 0 amide bonds. The molecule has 0 aromatic carbocycles. The topological polar surface area (TPSA) is 78.9 Å². The molecule has 0 aliphatic heterocycles. The van der Waals surface area contributed by atoms with Crippen molar-refractivity contribution in [1.29, 1.82) is 0 Å². The molecule has 0 spiro atoms. The summed E-state index contributed by atoms with van der Waals surface area (Å²) >= 11 is 0. The Labute approximate surface area is 485 Å². The van der Waals surface area contributed by atoms with Gasteiger partial charge in [-0.25, -0.2) is 0 Å². The predicted octanol–water partition coefficient (Wildman–Crippen LogP) is 23.5. The van der Waals surface area contributed by atoms with Crippen LogP contribution >= 0.6 is 0 Å². The normalized spacial score (nSPS) is 12.4. The Morgan fingerprint density at radius 3 is 0.795 bits per heavy atom. The fraction of sp³-hybridized carbons (Fsp3) is 0.819. The van der Waals surface area contributed by atoms with Crippen LogP contribution in [0.1, 0.15) is 361 Å². The number of hydrogen-bond acceptors (Lipinski definition) is 6. The van der Waals surface area contributed by atoms with Crippen LogP contribution in [0.15, 0.2) is 60.8 Å². The summed E-state index contributed by atoms with van der Waals surface area (Å²) in [7, 11) is 0. The van der Waals surface area contributed by atoms with Gasteiger partial charge in [0.25, 0.3) is 0 Å². The second-order valence-electron chi connectivity index (χ2n) is 23.1. The highest BCUT2D eigenvalue weighted by Crippen LogP contribution is 2.18. The van der Waals surface area contributed by atoms with Crippen molar-refractivity contribution in [2.24, 2.45) is 0 Å². The molecule has 0 aliphatic rings. The molecule has 0 heterocycles. The van der Waals surface area contributed by atoms with Gasteiger partial charge in [0, 0.05) is 19.3 Å². The minimum atomic E-state index is -0.769. The number of rotatable bonds is 63. The Morgan fingerprint density at radius 2 is 0.500 bits per heavy atom. The maximum absolute atomic E-state index is 12.8. The van der Waals surface area contributed by atoms with Crippen LogP contribution in [0.2, 0.25) is 0 Å². The van der Waals surface area contributed by atoms with Crippen molar-refractivity contribution in [2.75, 3.05) is 13.2 Å². The quantitative estimate of drug-likeness (QED) is 0.0261. The standard InChI is InChI=1S/C72H130O6/c1-4-7-10-13-16-18-20-22-24-26-28-29-30-31-32-33-34-35-36-37-38-39-40-41-42-43-45-46-48-50-52-54-56-59-62-65-71(74)77-68-69(67-76-70(73)64-61-58-15-12-9-6-3)78-72(75)66-63-60-57-55-53-51-49-47-44-27-25-23-21-19-17-14-11-8-5-2/h7,10,16,18,22-25,28-29,69H,4-6,8-9,11-15,17,19-21,26-27,30-68H2,1-3H3/b10-7-,18-16-,24-22-,25-23-,29-28-. The van der Waals surface area contributed by atoms with E-state index in [0.29, 0.717) is 19.3 Å². The fourth-order valence-electron chi connectivity index (χ4n) is 10.1. The van der Waals surface area contributed by atoms with Gasteiger partial charge in [-0.3, -0.25) is 14.4 Å². The van der Waals surface area contributed by atoms with Gasteiger partial charge in [-0.05, 0) is 83.5 Å². The molecular weight excluding hydrogens is 961 g/mol. The van der Waals surface area contributed by atoms with Crippen LogP contribution in [0, 0.1) is 0 Å². The highest BCUT2D eigenvalue weighted by atomic mass is 16.6. The molecule has 0 radical (unpaired) electrons. The van der Waals surface area contributed by atoms with E-state index in [9.17, 15) is 14.4 Å². The molecule has 0 fully saturated rings. The van der Waals surface area contributed by atoms with E-state index < -0.39 is 6.10 Å². The summed E-state index contributed by atoms with van der Waals surface area (Å²) < 4.78 is 16.8. The van der Waals surface area contributed by atoms with Crippen LogP contribution in [-0.4, -0.2) is 37.2 Å². The van der Waals surface area contributed by atoms with Crippen LogP contribution in [0.3, 0.4) is 0 Å². The molecule has 6 nitrogen and oxygen atoms in total. The zero-order valence-corrected chi connectivity index (χ0v) is 52.2. The van der Waals surface area contributed by atoms with Crippen molar-refractivity contribution in [3.8, 4) is 0 Å². The Bertz CT molecular complexity index is 1390. The number of hydrogen-bond donors (Lipinski definition) is 0. The summed E-state index contributed by atoms with van der Waals surface area (Å²) in [6, 6.07) is 0. The average molecular weight is 1090 g/mol. The first kappa shape index (κ1) is 75.1. The summed E-state index contributed by atoms with van der Waals surface area (Å²) in [5.74, 6) is -0.860. The van der Waals surface area contributed by atoms with E-state index in [1.807, 2.05) is 0 Å². The summed E-state index contributed by atoms with van der Waals surface area (Å²) in [6.45, 7) is 6.51. The molecule has 0 rings (SSSR count). The summed E-state index contributed by atoms with van der Waals surface area (Å²) in [5.41, 5.74) is 0. The molecule has 0 aromatic rings. The van der Waals surface area contributed by atoms with E-state index in [2.05, 4.69) is 81.5 Å². The van der Waals surface area contributed by atoms with Crippen LogP contribution < -0.4 is 0 Å². The van der Waals surface area contributed by atoms with Crippen molar-refractivity contribution in [3.63, 3.8) is 0 Å². The fourth-order valence-corrected chi connectivity index (χ4v) is 10.1. The highest BCUT2D eigenvalue weighted by Gasteiger charge is 2.19.